The van der Waals surface area contributed by atoms with Gasteiger partial charge in [0.05, 0.1) is 17.7 Å². The fourth-order valence-corrected chi connectivity index (χ4v) is 2.93. The molecule has 1 aliphatic rings. The van der Waals surface area contributed by atoms with Crippen LogP contribution in [-0.2, 0) is 11.3 Å². The fraction of sp³-hybridized carbons (Fsp3) is 0.500. The third kappa shape index (κ3) is 3.50. The molecule has 1 saturated heterocycles. The van der Waals surface area contributed by atoms with E-state index in [-0.39, 0.29) is 5.91 Å². The van der Waals surface area contributed by atoms with Crippen LogP contribution in [0.3, 0.4) is 0 Å². The number of carbonyl (C=O) groups is 1. The molecule has 6 heteroatoms. The number of carbonyl (C=O) groups excluding carboxylic acids is 1. The molecule has 0 aliphatic carbocycles. The highest BCUT2D eigenvalue weighted by Gasteiger charge is 2.25. The molecule has 1 atom stereocenters. The molecule has 0 bridgehead atoms. The van der Waals surface area contributed by atoms with Crippen LogP contribution in [0.4, 0.5) is 0 Å². The molecule has 116 valence electrons. The molecule has 0 radical (unpaired) electrons. The van der Waals surface area contributed by atoms with Gasteiger partial charge < -0.3 is 9.47 Å². The lowest BCUT2D eigenvalue weighted by Crippen LogP contribution is -2.39. The predicted molar refractivity (Wildman–Crippen MR) is 82.2 cm³/mol. The number of imidazole rings is 1. The van der Waals surface area contributed by atoms with Crippen LogP contribution in [0.1, 0.15) is 36.6 Å². The molecule has 0 spiro atoms. The molecular weight excluding hydrogens is 278 g/mol. The predicted octanol–water partition coefficient (Wildman–Crippen LogP) is 1.78. The number of likely N-dealkylation sites (tertiary alicyclic amines) is 1. The summed E-state index contributed by atoms with van der Waals surface area (Å²) >= 11 is 0. The lowest BCUT2D eigenvalue weighted by Gasteiger charge is -2.32. The maximum Gasteiger partial charge on any atom is 0.224 e. The minimum absolute atomic E-state index is 0.207. The highest BCUT2D eigenvalue weighted by Crippen LogP contribution is 2.25. The fourth-order valence-electron chi connectivity index (χ4n) is 2.93. The van der Waals surface area contributed by atoms with Crippen molar-refractivity contribution >= 4 is 5.91 Å². The molecule has 22 heavy (non-hydrogen) atoms. The van der Waals surface area contributed by atoms with Gasteiger partial charge in [0.25, 0.3) is 0 Å². The number of aromatic nitrogens is 4. The van der Waals surface area contributed by atoms with Gasteiger partial charge in [-0.3, -0.25) is 14.8 Å². The van der Waals surface area contributed by atoms with Crippen molar-refractivity contribution in [3.8, 4) is 0 Å². The first-order valence-electron chi connectivity index (χ1n) is 7.74. The number of hydrogen-bond donors (Lipinski definition) is 0. The highest BCUT2D eigenvalue weighted by atomic mass is 16.2. The van der Waals surface area contributed by atoms with E-state index in [1.165, 1.54) is 0 Å². The molecule has 1 fully saturated rings. The first-order chi connectivity index (χ1) is 10.7. The molecule has 0 saturated carbocycles. The average molecular weight is 299 g/mol. The standard InChI is InChI=1S/C16H21N5O/c1-13-9-18-10-15(19-13)14-3-2-6-21(11-14)16(22)4-7-20-8-5-17-12-20/h5,8-10,12,14H,2-4,6-7,11H2,1H3. The Morgan fingerprint density at radius 1 is 1.36 bits per heavy atom. The van der Waals surface area contributed by atoms with Crippen molar-refractivity contribution in [2.45, 2.75) is 38.6 Å². The van der Waals surface area contributed by atoms with Gasteiger partial charge in [0.1, 0.15) is 0 Å². The van der Waals surface area contributed by atoms with Crippen molar-refractivity contribution in [2.24, 2.45) is 0 Å². The zero-order valence-corrected chi connectivity index (χ0v) is 12.9. The number of hydrogen-bond acceptors (Lipinski definition) is 4. The molecule has 6 nitrogen and oxygen atoms in total. The Bertz CT molecular complexity index is 625. The van der Waals surface area contributed by atoms with Crippen molar-refractivity contribution in [1.82, 2.24) is 24.4 Å². The third-order valence-electron chi connectivity index (χ3n) is 4.11. The van der Waals surface area contributed by atoms with Crippen molar-refractivity contribution in [1.29, 1.82) is 0 Å². The van der Waals surface area contributed by atoms with E-state index in [1.54, 1.807) is 18.7 Å². The Hall–Kier alpha value is -2.24. The van der Waals surface area contributed by atoms with Gasteiger partial charge >= 0.3 is 0 Å². The quantitative estimate of drug-likeness (QED) is 0.863. The maximum atomic E-state index is 12.4. The maximum absolute atomic E-state index is 12.4. The summed E-state index contributed by atoms with van der Waals surface area (Å²) in [5.41, 5.74) is 1.94. The van der Waals surface area contributed by atoms with E-state index < -0.39 is 0 Å². The van der Waals surface area contributed by atoms with Crippen molar-refractivity contribution < 1.29 is 4.79 Å². The number of nitrogens with zero attached hydrogens (tertiary/aromatic N) is 5. The summed E-state index contributed by atoms with van der Waals surface area (Å²) in [5, 5.41) is 0. The topological polar surface area (TPSA) is 63.9 Å². The second kappa shape index (κ2) is 6.68. The first-order valence-corrected chi connectivity index (χ1v) is 7.74. The van der Waals surface area contributed by atoms with Crippen LogP contribution in [0, 0.1) is 6.92 Å². The molecule has 2 aromatic rings. The molecule has 2 aromatic heterocycles. The van der Waals surface area contributed by atoms with Gasteiger partial charge in [0.15, 0.2) is 0 Å². The summed E-state index contributed by atoms with van der Waals surface area (Å²) in [7, 11) is 0. The number of piperidine rings is 1. The average Bonchev–Trinajstić information content (AvgIpc) is 3.06. The van der Waals surface area contributed by atoms with Gasteiger partial charge in [-0.2, -0.15) is 0 Å². The second-order valence-electron chi connectivity index (χ2n) is 5.81. The molecular formula is C16H21N5O. The molecule has 3 heterocycles. The zero-order chi connectivity index (χ0) is 15.4. The second-order valence-corrected chi connectivity index (χ2v) is 5.81. The largest absolute Gasteiger partial charge is 0.342 e. The summed E-state index contributed by atoms with van der Waals surface area (Å²) < 4.78 is 1.94. The SMILES string of the molecule is Cc1cncc(C2CCCN(C(=O)CCn3ccnc3)C2)n1. The monoisotopic (exact) mass is 299 g/mol. The molecule has 1 amide bonds. The van der Waals surface area contributed by atoms with E-state index in [0.29, 0.717) is 18.9 Å². The Kier molecular flexibility index (Phi) is 4.46. The lowest BCUT2D eigenvalue weighted by molar-refractivity contribution is -0.132. The summed E-state index contributed by atoms with van der Waals surface area (Å²) in [6.07, 6.45) is 11.6. The van der Waals surface area contributed by atoms with Gasteiger partial charge in [0.2, 0.25) is 5.91 Å². The van der Waals surface area contributed by atoms with E-state index in [4.69, 9.17) is 0 Å². The molecule has 1 aliphatic heterocycles. The van der Waals surface area contributed by atoms with E-state index >= 15 is 0 Å². The Morgan fingerprint density at radius 3 is 3.05 bits per heavy atom. The third-order valence-corrected chi connectivity index (χ3v) is 4.11. The van der Waals surface area contributed by atoms with E-state index in [1.807, 2.05) is 28.8 Å². The smallest absolute Gasteiger partial charge is 0.224 e. The van der Waals surface area contributed by atoms with Gasteiger partial charge in [-0.25, -0.2) is 4.98 Å². The summed E-state index contributed by atoms with van der Waals surface area (Å²) in [6.45, 7) is 4.23. The van der Waals surface area contributed by atoms with Crippen LogP contribution in [-0.4, -0.2) is 43.4 Å². The van der Waals surface area contributed by atoms with Gasteiger partial charge in [-0.05, 0) is 19.8 Å². The lowest BCUT2D eigenvalue weighted by atomic mass is 9.94. The van der Waals surface area contributed by atoms with Crippen molar-refractivity contribution in [2.75, 3.05) is 13.1 Å². The van der Waals surface area contributed by atoms with E-state index in [0.717, 1.165) is 37.3 Å². The van der Waals surface area contributed by atoms with Crippen LogP contribution >= 0.6 is 0 Å². The van der Waals surface area contributed by atoms with E-state index in [2.05, 4.69) is 15.0 Å². The van der Waals surface area contributed by atoms with E-state index in [9.17, 15) is 4.79 Å². The highest BCUT2D eigenvalue weighted by molar-refractivity contribution is 5.76. The summed E-state index contributed by atoms with van der Waals surface area (Å²) in [5.74, 6) is 0.511. The van der Waals surface area contributed by atoms with Gasteiger partial charge in [-0.15, -0.1) is 0 Å². The number of rotatable bonds is 4. The minimum Gasteiger partial charge on any atom is -0.342 e. The summed E-state index contributed by atoms with van der Waals surface area (Å²) in [4.78, 5) is 27.1. The minimum atomic E-state index is 0.207. The molecule has 0 N–H and O–H groups in total. The first kappa shape index (κ1) is 14.7. The summed E-state index contributed by atoms with van der Waals surface area (Å²) in [6, 6.07) is 0. The molecule has 1 unspecified atom stereocenters. The van der Waals surface area contributed by atoms with Crippen LogP contribution in [0.5, 0.6) is 0 Å². The Morgan fingerprint density at radius 2 is 2.27 bits per heavy atom. The van der Waals surface area contributed by atoms with Crippen LogP contribution in [0.2, 0.25) is 0 Å². The van der Waals surface area contributed by atoms with Crippen LogP contribution in [0.15, 0.2) is 31.1 Å². The van der Waals surface area contributed by atoms with Crippen LogP contribution in [0.25, 0.3) is 0 Å². The van der Waals surface area contributed by atoms with Crippen molar-refractivity contribution in [3.63, 3.8) is 0 Å². The van der Waals surface area contributed by atoms with Crippen LogP contribution < -0.4 is 0 Å². The Labute approximate surface area is 130 Å². The molecule has 0 aromatic carbocycles. The van der Waals surface area contributed by atoms with Gasteiger partial charge in [0, 0.05) is 56.8 Å². The number of aryl methyl sites for hydroxylation is 2. The Balaban J connectivity index is 1.59. The normalized spacial score (nSPS) is 18.4. The van der Waals surface area contributed by atoms with Gasteiger partial charge in [-0.1, -0.05) is 0 Å². The molecule has 3 rings (SSSR count). The zero-order valence-electron chi connectivity index (χ0n) is 12.9. The van der Waals surface area contributed by atoms with Crippen molar-refractivity contribution in [3.05, 3.63) is 42.5 Å². The number of amides is 1.